The quantitative estimate of drug-likeness (QED) is 0.831. The molecule has 1 saturated carbocycles. The second-order valence-electron chi connectivity index (χ2n) is 4.56. The molecule has 82 valence electrons. The molecule has 3 rings (SSSR count). The number of aliphatic hydroxyl groups is 1. The number of nitrogens with zero attached hydrogens (tertiary/aromatic N) is 1. The third-order valence-corrected chi connectivity index (χ3v) is 3.58. The monoisotopic (exact) mass is 213 g/mol. The first kappa shape index (κ1) is 9.79. The van der Waals surface area contributed by atoms with Gasteiger partial charge in [-0.2, -0.15) is 0 Å². The highest BCUT2D eigenvalue weighted by Gasteiger charge is 2.27. The van der Waals surface area contributed by atoms with Crippen molar-refractivity contribution in [1.29, 1.82) is 0 Å². The summed E-state index contributed by atoms with van der Waals surface area (Å²) in [5, 5.41) is 11.4. The first-order valence-electron chi connectivity index (χ1n) is 5.88. The zero-order valence-electron chi connectivity index (χ0n) is 9.13. The Morgan fingerprint density at radius 3 is 2.75 bits per heavy atom. The van der Waals surface area contributed by atoms with Crippen LogP contribution in [0.5, 0.6) is 0 Å². The minimum absolute atomic E-state index is 0.340. The average molecular weight is 213 g/mol. The summed E-state index contributed by atoms with van der Waals surface area (Å²) in [5.41, 5.74) is 1.94. The lowest BCUT2D eigenvalue weighted by Crippen LogP contribution is -2.20. The van der Waals surface area contributed by atoms with Gasteiger partial charge in [-0.05, 0) is 24.8 Å². The van der Waals surface area contributed by atoms with E-state index in [0.717, 1.165) is 29.3 Å². The third kappa shape index (κ3) is 1.50. The predicted octanol–water partition coefficient (Wildman–Crippen LogP) is 3.07. The zero-order chi connectivity index (χ0) is 11.0. The lowest BCUT2D eigenvalue weighted by atomic mass is 9.78. The van der Waals surface area contributed by atoms with E-state index in [1.807, 2.05) is 30.3 Å². The van der Waals surface area contributed by atoms with E-state index in [2.05, 4.69) is 4.98 Å². The van der Waals surface area contributed by atoms with Gasteiger partial charge < -0.3 is 5.11 Å². The Kier molecular flexibility index (Phi) is 2.37. The smallest absolute Gasteiger partial charge is 0.0839 e. The van der Waals surface area contributed by atoms with E-state index in [4.69, 9.17) is 0 Å². The normalized spacial score (nSPS) is 18.3. The Labute approximate surface area is 94.9 Å². The highest BCUT2D eigenvalue weighted by atomic mass is 16.3. The molecule has 1 aromatic carbocycles. The molecule has 1 fully saturated rings. The third-order valence-electron chi connectivity index (χ3n) is 3.58. The molecule has 0 amide bonds. The topological polar surface area (TPSA) is 33.1 Å². The second kappa shape index (κ2) is 3.87. The number of aliphatic hydroxyl groups excluding tert-OH is 1. The fourth-order valence-corrected chi connectivity index (χ4v) is 2.38. The molecular weight excluding hydrogens is 198 g/mol. The van der Waals surface area contributed by atoms with Crippen LogP contribution < -0.4 is 0 Å². The van der Waals surface area contributed by atoms with Crippen LogP contribution in [0.4, 0.5) is 0 Å². The van der Waals surface area contributed by atoms with E-state index in [1.54, 1.807) is 6.20 Å². The van der Waals surface area contributed by atoms with E-state index in [0.29, 0.717) is 5.92 Å². The van der Waals surface area contributed by atoms with Gasteiger partial charge in [0.2, 0.25) is 0 Å². The number of aromatic nitrogens is 1. The van der Waals surface area contributed by atoms with Gasteiger partial charge in [0.25, 0.3) is 0 Å². The molecule has 2 nitrogen and oxygen atoms in total. The summed E-state index contributed by atoms with van der Waals surface area (Å²) in [7, 11) is 0. The molecule has 1 N–H and O–H groups in total. The van der Waals surface area contributed by atoms with Gasteiger partial charge in [-0.15, -0.1) is 0 Å². The Bertz CT molecular complexity index is 500. The van der Waals surface area contributed by atoms with Crippen molar-refractivity contribution in [3.8, 4) is 0 Å². The standard InChI is InChI=1S/C14H15NO/c16-14(11-5-1-6-11)12-8-2-4-10-7-3-9-15-13(10)12/h2-4,7-9,11,14,16H,1,5-6H2. The molecule has 1 atom stereocenters. The van der Waals surface area contributed by atoms with Gasteiger partial charge in [0.15, 0.2) is 0 Å². The Balaban J connectivity index is 2.08. The number of hydrogen-bond acceptors (Lipinski definition) is 2. The van der Waals surface area contributed by atoms with Crippen LogP contribution in [0.25, 0.3) is 10.9 Å². The Hall–Kier alpha value is -1.41. The van der Waals surface area contributed by atoms with Gasteiger partial charge in [-0.3, -0.25) is 4.98 Å². The molecule has 16 heavy (non-hydrogen) atoms. The Morgan fingerprint density at radius 1 is 1.19 bits per heavy atom. The average Bonchev–Trinajstić information content (AvgIpc) is 2.26. The molecule has 0 spiro atoms. The molecule has 0 bridgehead atoms. The van der Waals surface area contributed by atoms with Gasteiger partial charge in [0.05, 0.1) is 11.6 Å². The molecule has 0 saturated heterocycles. The van der Waals surface area contributed by atoms with Crippen LogP contribution >= 0.6 is 0 Å². The molecule has 1 aliphatic carbocycles. The number of rotatable bonds is 2. The van der Waals surface area contributed by atoms with Crippen LogP contribution in [0.3, 0.4) is 0 Å². The maximum atomic E-state index is 10.3. The number of fused-ring (bicyclic) bond motifs is 1. The van der Waals surface area contributed by atoms with Gasteiger partial charge in [-0.25, -0.2) is 0 Å². The van der Waals surface area contributed by atoms with E-state index < -0.39 is 0 Å². The van der Waals surface area contributed by atoms with Gasteiger partial charge in [0, 0.05) is 17.1 Å². The number of hydrogen-bond donors (Lipinski definition) is 1. The van der Waals surface area contributed by atoms with Crippen molar-refractivity contribution in [2.45, 2.75) is 25.4 Å². The Morgan fingerprint density at radius 2 is 2.00 bits per heavy atom. The minimum atomic E-state index is -0.340. The summed E-state index contributed by atoms with van der Waals surface area (Å²) in [5.74, 6) is 0.438. The zero-order valence-corrected chi connectivity index (χ0v) is 9.13. The van der Waals surface area contributed by atoms with E-state index >= 15 is 0 Å². The maximum Gasteiger partial charge on any atom is 0.0839 e. The highest BCUT2D eigenvalue weighted by molar-refractivity contribution is 5.81. The number of para-hydroxylation sites is 1. The molecule has 1 aliphatic rings. The molecule has 1 heterocycles. The second-order valence-corrected chi connectivity index (χ2v) is 4.56. The summed E-state index contributed by atoms with van der Waals surface area (Å²) >= 11 is 0. The van der Waals surface area contributed by atoms with Crippen molar-refractivity contribution >= 4 is 10.9 Å². The van der Waals surface area contributed by atoms with Gasteiger partial charge in [-0.1, -0.05) is 30.7 Å². The minimum Gasteiger partial charge on any atom is -0.388 e. The summed E-state index contributed by atoms with van der Waals surface area (Å²) in [6.45, 7) is 0. The van der Waals surface area contributed by atoms with Crippen LogP contribution in [-0.4, -0.2) is 10.1 Å². The van der Waals surface area contributed by atoms with Crippen molar-refractivity contribution in [1.82, 2.24) is 4.98 Å². The predicted molar refractivity (Wildman–Crippen MR) is 64.0 cm³/mol. The molecule has 0 aliphatic heterocycles. The molecule has 1 aromatic heterocycles. The first-order chi connectivity index (χ1) is 7.86. The summed E-state index contributed by atoms with van der Waals surface area (Å²) in [6, 6.07) is 10.0. The molecule has 2 aromatic rings. The summed E-state index contributed by atoms with van der Waals surface area (Å²) < 4.78 is 0. The summed E-state index contributed by atoms with van der Waals surface area (Å²) in [6.07, 6.45) is 4.99. The van der Waals surface area contributed by atoms with Gasteiger partial charge >= 0.3 is 0 Å². The van der Waals surface area contributed by atoms with Crippen LogP contribution in [0.2, 0.25) is 0 Å². The van der Waals surface area contributed by atoms with Crippen LogP contribution in [0.1, 0.15) is 30.9 Å². The van der Waals surface area contributed by atoms with Crippen molar-refractivity contribution in [2.75, 3.05) is 0 Å². The fourth-order valence-electron chi connectivity index (χ4n) is 2.38. The van der Waals surface area contributed by atoms with E-state index in [-0.39, 0.29) is 6.10 Å². The number of pyridine rings is 1. The van der Waals surface area contributed by atoms with E-state index in [9.17, 15) is 5.11 Å². The fraction of sp³-hybridized carbons (Fsp3) is 0.357. The molecule has 1 unspecified atom stereocenters. The largest absolute Gasteiger partial charge is 0.388 e. The molecule has 2 heteroatoms. The SMILES string of the molecule is OC(c1cccc2cccnc12)C1CCC1. The number of benzene rings is 1. The molecular formula is C14H15NO. The van der Waals surface area contributed by atoms with Crippen LogP contribution in [0, 0.1) is 5.92 Å². The van der Waals surface area contributed by atoms with Crippen LogP contribution in [-0.2, 0) is 0 Å². The highest BCUT2D eigenvalue weighted by Crippen LogP contribution is 2.39. The summed E-state index contributed by atoms with van der Waals surface area (Å²) in [4.78, 5) is 4.38. The van der Waals surface area contributed by atoms with Crippen molar-refractivity contribution in [2.24, 2.45) is 5.92 Å². The maximum absolute atomic E-state index is 10.3. The van der Waals surface area contributed by atoms with Crippen molar-refractivity contribution in [3.63, 3.8) is 0 Å². The molecule has 0 radical (unpaired) electrons. The van der Waals surface area contributed by atoms with Crippen molar-refractivity contribution in [3.05, 3.63) is 42.1 Å². The van der Waals surface area contributed by atoms with Crippen molar-refractivity contribution < 1.29 is 5.11 Å². The van der Waals surface area contributed by atoms with E-state index in [1.165, 1.54) is 6.42 Å². The van der Waals surface area contributed by atoms with Crippen LogP contribution in [0.15, 0.2) is 36.5 Å². The van der Waals surface area contributed by atoms with Gasteiger partial charge in [0.1, 0.15) is 0 Å². The lowest BCUT2D eigenvalue weighted by Gasteiger charge is -2.30. The lowest BCUT2D eigenvalue weighted by molar-refractivity contribution is 0.0631. The first-order valence-corrected chi connectivity index (χ1v) is 5.88.